The molecule has 1 aromatic carbocycles. The molecule has 0 spiro atoms. The first kappa shape index (κ1) is 27.7. The van der Waals surface area contributed by atoms with Crippen molar-refractivity contribution in [1.29, 1.82) is 5.41 Å². The van der Waals surface area contributed by atoms with E-state index in [1.165, 1.54) is 18.6 Å². The van der Waals surface area contributed by atoms with Gasteiger partial charge in [0.15, 0.2) is 5.82 Å². The molecule has 2 heterocycles. The van der Waals surface area contributed by atoms with Crippen molar-refractivity contribution in [2.75, 3.05) is 25.0 Å². The van der Waals surface area contributed by atoms with Crippen LogP contribution in [0.4, 0.5) is 11.5 Å². The molecule has 0 aliphatic carbocycles. The van der Waals surface area contributed by atoms with Crippen molar-refractivity contribution >= 4 is 41.0 Å². The largest absolute Gasteiger partial charge is 0.492 e. The quantitative estimate of drug-likeness (QED) is 0.0775. The molecular weight excluding hydrogens is 482 g/mol. The maximum absolute atomic E-state index is 11.8. The molecule has 0 bridgehead atoms. The van der Waals surface area contributed by atoms with E-state index in [1.54, 1.807) is 23.2 Å². The molecule has 0 aliphatic rings. The molecule has 0 radical (unpaired) electrons. The van der Waals surface area contributed by atoms with Crippen LogP contribution in [-0.2, 0) is 4.79 Å². The number of aliphatic imine (C=N–C) groups is 1. The summed E-state index contributed by atoms with van der Waals surface area (Å²) in [6.07, 6.45) is 10.7. The Morgan fingerprint density at radius 3 is 2.76 bits per heavy atom. The maximum atomic E-state index is 11.8. The van der Waals surface area contributed by atoms with Crippen molar-refractivity contribution in [2.45, 2.75) is 20.3 Å². The van der Waals surface area contributed by atoms with Crippen LogP contribution in [0.1, 0.15) is 18.9 Å². The van der Waals surface area contributed by atoms with Crippen LogP contribution in [0.3, 0.4) is 0 Å². The minimum atomic E-state index is -0.0857. The highest BCUT2D eigenvalue weighted by Crippen LogP contribution is 2.28. The lowest BCUT2D eigenvalue weighted by atomic mass is 10.2. The smallest absolute Gasteiger partial charge is 0.245 e. The summed E-state index contributed by atoms with van der Waals surface area (Å²) in [6.45, 7) is 12.8. The molecule has 2 aromatic heterocycles. The number of nitrogens with zero attached hydrogens (tertiary/aromatic N) is 5. The lowest BCUT2D eigenvalue weighted by Gasteiger charge is -2.18. The second-order valence-corrected chi connectivity index (χ2v) is 7.99. The number of benzene rings is 1. The molecule has 10 nitrogen and oxygen atoms in total. The summed E-state index contributed by atoms with van der Waals surface area (Å²) >= 11 is 0. The number of hydrogen-bond acceptors (Lipinski definition) is 8. The summed E-state index contributed by atoms with van der Waals surface area (Å²) in [6, 6.07) is 7.46. The van der Waals surface area contributed by atoms with E-state index in [-0.39, 0.29) is 5.91 Å². The first-order valence-electron chi connectivity index (χ1n) is 12.0. The Bertz CT molecular complexity index is 1370. The number of anilines is 2. The molecule has 1 amide bonds. The zero-order valence-electron chi connectivity index (χ0n) is 21.6. The topological polar surface area (TPSA) is 126 Å². The Morgan fingerprint density at radius 1 is 1.21 bits per heavy atom. The number of likely N-dealkylation sites (N-methyl/N-ethyl adjacent to an activating group) is 1. The summed E-state index contributed by atoms with van der Waals surface area (Å²) in [5, 5.41) is 10.2. The highest BCUT2D eigenvalue weighted by Gasteiger charge is 2.10. The third kappa shape index (κ3) is 7.57. The SMILES string of the molecule is C=CC(=O)N(CC)CCCOc1cnc2c(Nc3ccc(O/C(C=C)=C/C=NC=N)c(C)c3)ncnc2c1. The van der Waals surface area contributed by atoms with E-state index in [2.05, 4.69) is 38.4 Å². The summed E-state index contributed by atoms with van der Waals surface area (Å²) < 4.78 is 11.7. The van der Waals surface area contributed by atoms with E-state index in [1.807, 2.05) is 38.1 Å². The van der Waals surface area contributed by atoms with Gasteiger partial charge in [-0.3, -0.25) is 10.2 Å². The molecule has 10 heteroatoms. The second-order valence-electron chi connectivity index (χ2n) is 7.99. The van der Waals surface area contributed by atoms with Crippen molar-refractivity contribution in [3.63, 3.8) is 0 Å². The van der Waals surface area contributed by atoms with Gasteiger partial charge in [0.2, 0.25) is 5.91 Å². The van der Waals surface area contributed by atoms with Crippen LogP contribution in [0.15, 0.2) is 78.9 Å². The molecule has 0 fully saturated rings. The van der Waals surface area contributed by atoms with Crippen LogP contribution < -0.4 is 14.8 Å². The number of carbonyl (C=O) groups is 1. The van der Waals surface area contributed by atoms with E-state index in [0.717, 1.165) is 17.6 Å². The normalized spacial score (nSPS) is 11.3. The molecular formula is C28H31N7O3. The van der Waals surface area contributed by atoms with Crippen LogP contribution in [0, 0.1) is 12.3 Å². The Hall–Kier alpha value is -4.86. The number of amides is 1. The number of rotatable bonds is 14. The Morgan fingerprint density at radius 2 is 2.05 bits per heavy atom. The van der Waals surface area contributed by atoms with E-state index in [0.29, 0.717) is 60.2 Å². The number of ether oxygens (including phenoxy) is 2. The molecule has 0 atom stereocenters. The highest BCUT2D eigenvalue weighted by molar-refractivity contribution is 5.88. The Labute approximate surface area is 222 Å². The minimum absolute atomic E-state index is 0.0857. The first-order chi connectivity index (χ1) is 18.5. The molecule has 0 saturated heterocycles. The number of fused-ring (bicyclic) bond motifs is 1. The average Bonchev–Trinajstić information content (AvgIpc) is 2.93. The monoisotopic (exact) mass is 513 g/mol. The molecule has 2 N–H and O–H groups in total. The molecule has 196 valence electrons. The van der Waals surface area contributed by atoms with Crippen LogP contribution in [-0.4, -0.2) is 58.0 Å². The number of carbonyl (C=O) groups excluding carboxylic acids is 1. The second kappa shape index (κ2) is 14.0. The van der Waals surface area contributed by atoms with Gasteiger partial charge in [-0.25, -0.2) is 19.9 Å². The van der Waals surface area contributed by atoms with Gasteiger partial charge in [-0.05, 0) is 62.3 Å². The van der Waals surface area contributed by atoms with Crippen LogP contribution >= 0.6 is 0 Å². The van der Waals surface area contributed by atoms with Gasteiger partial charge in [0.05, 0.1) is 18.3 Å². The number of allylic oxidation sites excluding steroid dienone is 2. The van der Waals surface area contributed by atoms with Crippen molar-refractivity contribution in [2.24, 2.45) is 4.99 Å². The zero-order valence-corrected chi connectivity index (χ0v) is 21.6. The Balaban J connectivity index is 1.67. The summed E-state index contributed by atoms with van der Waals surface area (Å²) in [5.41, 5.74) is 2.95. The number of aryl methyl sites for hydroxylation is 1. The van der Waals surface area contributed by atoms with Gasteiger partial charge in [-0.15, -0.1) is 0 Å². The van der Waals surface area contributed by atoms with Crippen molar-refractivity contribution < 1.29 is 14.3 Å². The number of pyridine rings is 1. The van der Waals surface area contributed by atoms with Crippen LogP contribution in [0.2, 0.25) is 0 Å². The van der Waals surface area contributed by atoms with Crippen LogP contribution in [0.5, 0.6) is 11.5 Å². The molecule has 0 aliphatic heterocycles. The highest BCUT2D eigenvalue weighted by atomic mass is 16.5. The number of aromatic nitrogens is 3. The maximum Gasteiger partial charge on any atom is 0.245 e. The standard InChI is InChI=1S/C28H31N7O3/c1-5-22(11-12-30-18-29)38-25-10-9-21(15-20(25)4)34-28-27-24(32-19-33-28)16-23(17-31-27)37-14-8-13-35(7-3)26(36)6-2/h5-6,9-12,15-19,29H,1-2,7-8,13-14H2,3-4H3,(H,32,33,34)/b22-11+,29-18?,30-12?. The fraction of sp³-hybridized carbons (Fsp3) is 0.214. The van der Waals surface area contributed by atoms with Crippen LogP contribution in [0.25, 0.3) is 11.0 Å². The van der Waals surface area contributed by atoms with Gasteiger partial charge in [0.25, 0.3) is 0 Å². The summed E-state index contributed by atoms with van der Waals surface area (Å²) in [7, 11) is 0. The summed E-state index contributed by atoms with van der Waals surface area (Å²) in [4.78, 5) is 30.4. The third-order valence-electron chi connectivity index (χ3n) is 5.43. The lowest BCUT2D eigenvalue weighted by molar-refractivity contribution is -0.125. The van der Waals surface area contributed by atoms with Gasteiger partial charge >= 0.3 is 0 Å². The molecule has 3 aromatic rings. The van der Waals surface area contributed by atoms with E-state index in [4.69, 9.17) is 14.9 Å². The van der Waals surface area contributed by atoms with Gasteiger partial charge in [-0.2, -0.15) is 0 Å². The fourth-order valence-corrected chi connectivity index (χ4v) is 3.50. The fourth-order valence-electron chi connectivity index (χ4n) is 3.50. The average molecular weight is 514 g/mol. The van der Waals surface area contributed by atoms with Crippen molar-refractivity contribution in [3.05, 3.63) is 79.5 Å². The first-order valence-corrected chi connectivity index (χ1v) is 12.0. The molecule has 0 saturated carbocycles. The van der Waals surface area contributed by atoms with Crippen molar-refractivity contribution in [3.8, 4) is 11.5 Å². The number of nitrogens with one attached hydrogen (secondary N) is 2. The summed E-state index contributed by atoms with van der Waals surface area (Å²) in [5.74, 6) is 2.24. The van der Waals surface area contributed by atoms with Gasteiger partial charge < -0.3 is 19.7 Å². The van der Waals surface area contributed by atoms with Gasteiger partial charge in [0.1, 0.15) is 35.4 Å². The lowest BCUT2D eigenvalue weighted by Crippen LogP contribution is -2.30. The van der Waals surface area contributed by atoms with E-state index >= 15 is 0 Å². The predicted octanol–water partition coefficient (Wildman–Crippen LogP) is 5.01. The minimum Gasteiger partial charge on any atom is -0.492 e. The zero-order chi connectivity index (χ0) is 27.3. The van der Waals surface area contributed by atoms with Crippen molar-refractivity contribution in [1.82, 2.24) is 19.9 Å². The molecule has 0 unspecified atom stereocenters. The molecule has 38 heavy (non-hydrogen) atoms. The van der Waals surface area contributed by atoms with E-state index < -0.39 is 0 Å². The number of hydrogen-bond donors (Lipinski definition) is 2. The van der Waals surface area contributed by atoms with Gasteiger partial charge in [0, 0.05) is 31.1 Å². The third-order valence-corrected chi connectivity index (χ3v) is 5.43. The Kier molecular flexibility index (Phi) is 10.2. The molecule has 3 rings (SSSR count). The predicted molar refractivity (Wildman–Crippen MR) is 151 cm³/mol. The van der Waals surface area contributed by atoms with Gasteiger partial charge in [-0.1, -0.05) is 13.2 Å². The van der Waals surface area contributed by atoms with E-state index in [9.17, 15) is 4.79 Å².